The smallest absolute Gasteiger partial charge is 0.308 e. The van der Waals surface area contributed by atoms with Crippen molar-refractivity contribution in [1.29, 1.82) is 0 Å². The van der Waals surface area contributed by atoms with Crippen molar-refractivity contribution in [1.82, 2.24) is 5.32 Å². The summed E-state index contributed by atoms with van der Waals surface area (Å²) in [6, 6.07) is 0. The maximum atomic E-state index is 11.6. The molecule has 0 saturated heterocycles. The third kappa shape index (κ3) is 2.96. The van der Waals surface area contributed by atoms with E-state index >= 15 is 0 Å². The molecule has 0 saturated carbocycles. The van der Waals surface area contributed by atoms with Gasteiger partial charge in [0, 0.05) is 6.54 Å². The number of amides is 1. The Balaban J connectivity index is 2.60. The van der Waals surface area contributed by atoms with Crippen LogP contribution in [0, 0.1) is 12.8 Å². The molecule has 0 aromatic carbocycles. The van der Waals surface area contributed by atoms with Crippen molar-refractivity contribution in [3.05, 3.63) is 20.8 Å². The van der Waals surface area contributed by atoms with Crippen molar-refractivity contribution in [3.8, 4) is 0 Å². The van der Waals surface area contributed by atoms with Gasteiger partial charge in [0.25, 0.3) is 5.91 Å². The lowest BCUT2D eigenvalue weighted by Crippen LogP contribution is -2.31. The second-order valence-corrected chi connectivity index (χ2v) is 4.77. The van der Waals surface area contributed by atoms with E-state index in [0.717, 1.165) is 5.56 Å². The largest absolute Gasteiger partial charge is 0.481 e. The molecule has 0 aliphatic carbocycles. The number of aliphatic carboxylic acids is 1. The molecule has 1 atom stereocenters. The lowest BCUT2D eigenvalue weighted by molar-refractivity contribution is -0.140. The summed E-state index contributed by atoms with van der Waals surface area (Å²) in [4.78, 5) is 22.6. The summed E-state index contributed by atoms with van der Waals surface area (Å²) in [5.41, 5.74) is 0.850. The van der Waals surface area contributed by atoms with Crippen LogP contribution in [0.3, 0.4) is 0 Å². The Bertz CT molecular complexity index is 416. The summed E-state index contributed by atoms with van der Waals surface area (Å²) in [7, 11) is 0. The van der Waals surface area contributed by atoms with Gasteiger partial charge in [-0.2, -0.15) is 0 Å². The SMILES string of the molecule is Cc1csc(C(=O)NCC(C)C(=O)O)c1Cl. The maximum absolute atomic E-state index is 11.6. The Kier molecular flexibility index (Phi) is 4.32. The number of rotatable bonds is 4. The van der Waals surface area contributed by atoms with Gasteiger partial charge in [-0.3, -0.25) is 9.59 Å². The minimum atomic E-state index is -0.936. The minimum absolute atomic E-state index is 0.0987. The first-order valence-electron chi connectivity index (χ1n) is 4.68. The van der Waals surface area contributed by atoms with Crippen LogP contribution in [0.1, 0.15) is 22.2 Å². The molecule has 0 fully saturated rings. The highest BCUT2D eigenvalue weighted by atomic mass is 35.5. The fourth-order valence-electron chi connectivity index (χ4n) is 0.996. The number of aryl methyl sites for hydroxylation is 1. The molecule has 1 aromatic heterocycles. The van der Waals surface area contributed by atoms with Gasteiger partial charge in [-0.1, -0.05) is 18.5 Å². The Hall–Kier alpha value is -1.07. The van der Waals surface area contributed by atoms with Gasteiger partial charge in [0.15, 0.2) is 0 Å². The molecule has 1 aromatic rings. The molecular formula is C10H12ClNO3S. The van der Waals surface area contributed by atoms with E-state index in [4.69, 9.17) is 16.7 Å². The predicted octanol–water partition coefficient (Wildman–Crippen LogP) is 2.16. The maximum Gasteiger partial charge on any atom is 0.308 e. The first-order valence-corrected chi connectivity index (χ1v) is 5.93. The van der Waals surface area contributed by atoms with E-state index in [1.54, 1.807) is 5.38 Å². The highest BCUT2D eigenvalue weighted by Gasteiger charge is 2.17. The number of hydrogen-bond acceptors (Lipinski definition) is 3. The van der Waals surface area contributed by atoms with Crippen molar-refractivity contribution >= 4 is 34.8 Å². The van der Waals surface area contributed by atoms with Gasteiger partial charge in [-0.05, 0) is 17.9 Å². The van der Waals surface area contributed by atoms with Gasteiger partial charge in [0.05, 0.1) is 10.9 Å². The molecule has 4 nitrogen and oxygen atoms in total. The number of carboxylic acid groups (broad SMARTS) is 1. The van der Waals surface area contributed by atoms with E-state index in [9.17, 15) is 9.59 Å². The van der Waals surface area contributed by atoms with E-state index in [-0.39, 0.29) is 12.5 Å². The van der Waals surface area contributed by atoms with Gasteiger partial charge < -0.3 is 10.4 Å². The predicted molar refractivity (Wildman–Crippen MR) is 63.2 cm³/mol. The van der Waals surface area contributed by atoms with Crippen LogP contribution in [0.15, 0.2) is 5.38 Å². The number of carboxylic acids is 1. The van der Waals surface area contributed by atoms with Gasteiger partial charge in [-0.25, -0.2) is 0 Å². The average molecular weight is 262 g/mol. The van der Waals surface area contributed by atoms with Crippen molar-refractivity contribution < 1.29 is 14.7 Å². The number of nitrogens with one attached hydrogen (secondary N) is 1. The quantitative estimate of drug-likeness (QED) is 0.873. The second kappa shape index (κ2) is 5.32. The van der Waals surface area contributed by atoms with Gasteiger partial charge in [0.2, 0.25) is 0 Å². The molecule has 2 N–H and O–H groups in total. The van der Waals surface area contributed by atoms with E-state index in [1.807, 2.05) is 6.92 Å². The summed E-state index contributed by atoms with van der Waals surface area (Å²) in [6.45, 7) is 3.45. The van der Waals surface area contributed by atoms with Crippen molar-refractivity contribution in [2.24, 2.45) is 5.92 Å². The summed E-state index contributed by atoms with van der Waals surface area (Å²) in [6.07, 6.45) is 0. The fourth-order valence-corrected chi connectivity index (χ4v) is 2.19. The van der Waals surface area contributed by atoms with Crippen LogP contribution in [0.25, 0.3) is 0 Å². The van der Waals surface area contributed by atoms with Gasteiger partial charge in [0.1, 0.15) is 4.88 Å². The van der Waals surface area contributed by atoms with E-state index in [0.29, 0.717) is 9.90 Å². The standard InChI is InChI=1S/C10H12ClNO3S/c1-5(10(14)15)3-12-9(13)8-7(11)6(2)4-16-8/h4-5H,3H2,1-2H3,(H,12,13)(H,14,15). The zero-order chi connectivity index (χ0) is 12.3. The monoisotopic (exact) mass is 261 g/mol. The topological polar surface area (TPSA) is 66.4 Å². The van der Waals surface area contributed by atoms with Crippen LogP contribution in [0.2, 0.25) is 5.02 Å². The first-order chi connectivity index (χ1) is 7.43. The fraction of sp³-hybridized carbons (Fsp3) is 0.400. The molecule has 1 amide bonds. The Labute approximate surface area is 102 Å². The average Bonchev–Trinajstić information content (AvgIpc) is 2.55. The molecule has 1 rings (SSSR count). The van der Waals surface area contributed by atoms with Crippen LogP contribution < -0.4 is 5.32 Å². The van der Waals surface area contributed by atoms with Crippen LogP contribution in [-0.2, 0) is 4.79 Å². The molecule has 0 radical (unpaired) electrons. The molecule has 0 aliphatic rings. The Morgan fingerprint density at radius 1 is 1.62 bits per heavy atom. The number of carbonyl (C=O) groups is 2. The molecule has 1 heterocycles. The normalized spacial score (nSPS) is 12.2. The summed E-state index contributed by atoms with van der Waals surface area (Å²) < 4.78 is 0. The zero-order valence-electron chi connectivity index (χ0n) is 8.91. The number of halogens is 1. The second-order valence-electron chi connectivity index (χ2n) is 3.51. The molecule has 0 spiro atoms. The summed E-state index contributed by atoms with van der Waals surface area (Å²) >= 11 is 7.17. The minimum Gasteiger partial charge on any atom is -0.481 e. The third-order valence-corrected chi connectivity index (χ3v) is 3.79. The molecule has 6 heteroatoms. The van der Waals surface area contributed by atoms with E-state index in [1.165, 1.54) is 18.3 Å². The molecule has 16 heavy (non-hydrogen) atoms. The molecule has 0 bridgehead atoms. The Morgan fingerprint density at radius 2 is 2.25 bits per heavy atom. The van der Waals surface area contributed by atoms with E-state index < -0.39 is 11.9 Å². The number of carbonyl (C=O) groups excluding carboxylic acids is 1. The van der Waals surface area contributed by atoms with Crippen LogP contribution in [-0.4, -0.2) is 23.5 Å². The molecule has 1 unspecified atom stereocenters. The van der Waals surface area contributed by atoms with Crippen LogP contribution in [0.5, 0.6) is 0 Å². The van der Waals surface area contributed by atoms with Gasteiger partial charge in [-0.15, -0.1) is 11.3 Å². The van der Waals surface area contributed by atoms with E-state index in [2.05, 4.69) is 5.32 Å². The molecule has 0 aliphatic heterocycles. The van der Waals surface area contributed by atoms with Crippen molar-refractivity contribution in [3.63, 3.8) is 0 Å². The van der Waals surface area contributed by atoms with Gasteiger partial charge >= 0.3 is 5.97 Å². The lowest BCUT2D eigenvalue weighted by Gasteiger charge is -2.07. The highest BCUT2D eigenvalue weighted by molar-refractivity contribution is 7.13. The lowest BCUT2D eigenvalue weighted by atomic mass is 10.2. The third-order valence-electron chi connectivity index (χ3n) is 2.10. The summed E-state index contributed by atoms with van der Waals surface area (Å²) in [5.74, 6) is -1.87. The highest BCUT2D eigenvalue weighted by Crippen LogP contribution is 2.26. The zero-order valence-corrected chi connectivity index (χ0v) is 10.5. The summed E-state index contributed by atoms with van der Waals surface area (Å²) in [5, 5.41) is 13.4. The number of thiophene rings is 1. The number of hydrogen-bond donors (Lipinski definition) is 2. The molecule has 88 valence electrons. The first kappa shape index (κ1) is 13.0. The van der Waals surface area contributed by atoms with Crippen molar-refractivity contribution in [2.45, 2.75) is 13.8 Å². The van der Waals surface area contributed by atoms with Crippen LogP contribution >= 0.6 is 22.9 Å². The van der Waals surface area contributed by atoms with Crippen molar-refractivity contribution in [2.75, 3.05) is 6.54 Å². The van der Waals surface area contributed by atoms with Crippen LogP contribution in [0.4, 0.5) is 0 Å². The Morgan fingerprint density at radius 3 is 2.69 bits per heavy atom. The molecular weight excluding hydrogens is 250 g/mol.